The van der Waals surface area contributed by atoms with Crippen LogP contribution in [-0.4, -0.2) is 9.97 Å². The molecule has 0 aliphatic heterocycles. The van der Waals surface area contributed by atoms with Gasteiger partial charge in [-0.05, 0) is 18.6 Å². The van der Waals surface area contributed by atoms with E-state index >= 15 is 0 Å². The number of thiophene rings is 1. The van der Waals surface area contributed by atoms with E-state index in [9.17, 15) is 0 Å². The van der Waals surface area contributed by atoms with Gasteiger partial charge in [0.2, 0.25) is 0 Å². The first-order valence-electron chi connectivity index (χ1n) is 5.08. The first-order chi connectivity index (χ1) is 7.69. The zero-order chi connectivity index (χ0) is 11.5. The molecule has 0 saturated carbocycles. The number of anilines is 1. The standard InChI is InChI=1S/C11H12ClN3S/c1-2-3-7-6-10(13)15-11(14-7)8-4-5-9(12)16-8/h4-6H,2-3H2,1H3,(H2,13,14,15). The quantitative estimate of drug-likeness (QED) is 0.912. The van der Waals surface area contributed by atoms with E-state index in [1.54, 1.807) is 0 Å². The molecule has 0 aromatic carbocycles. The summed E-state index contributed by atoms with van der Waals surface area (Å²) in [6.45, 7) is 2.11. The smallest absolute Gasteiger partial charge is 0.171 e. The Morgan fingerprint density at radius 2 is 2.19 bits per heavy atom. The average molecular weight is 254 g/mol. The summed E-state index contributed by atoms with van der Waals surface area (Å²) in [7, 11) is 0. The van der Waals surface area contributed by atoms with Crippen molar-refractivity contribution in [1.29, 1.82) is 0 Å². The molecule has 2 aromatic rings. The van der Waals surface area contributed by atoms with Crippen molar-refractivity contribution < 1.29 is 0 Å². The second-order valence-electron chi connectivity index (χ2n) is 3.46. The Morgan fingerprint density at radius 1 is 1.38 bits per heavy atom. The molecule has 2 heterocycles. The number of rotatable bonds is 3. The summed E-state index contributed by atoms with van der Waals surface area (Å²) >= 11 is 7.34. The molecule has 0 aliphatic carbocycles. The van der Waals surface area contributed by atoms with Gasteiger partial charge in [-0.15, -0.1) is 11.3 Å². The van der Waals surface area contributed by atoms with Gasteiger partial charge in [0, 0.05) is 11.8 Å². The van der Waals surface area contributed by atoms with Crippen LogP contribution >= 0.6 is 22.9 Å². The van der Waals surface area contributed by atoms with Crippen LogP contribution in [0, 0.1) is 0 Å². The van der Waals surface area contributed by atoms with Gasteiger partial charge < -0.3 is 5.73 Å². The fourth-order valence-corrected chi connectivity index (χ4v) is 2.42. The van der Waals surface area contributed by atoms with Gasteiger partial charge in [0.15, 0.2) is 5.82 Å². The van der Waals surface area contributed by atoms with Crippen LogP contribution in [0.5, 0.6) is 0 Å². The van der Waals surface area contributed by atoms with Gasteiger partial charge in [-0.3, -0.25) is 0 Å². The Hall–Kier alpha value is -1.13. The Labute approximate surface area is 103 Å². The Bertz CT molecular complexity index is 496. The predicted octanol–water partition coefficient (Wildman–Crippen LogP) is 3.39. The summed E-state index contributed by atoms with van der Waals surface area (Å²) in [6, 6.07) is 5.58. The SMILES string of the molecule is CCCc1cc(N)nc(-c2ccc(Cl)s2)n1. The molecule has 0 bridgehead atoms. The topological polar surface area (TPSA) is 51.8 Å². The van der Waals surface area contributed by atoms with Crippen molar-refractivity contribution in [3.8, 4) is 10.7 Å². The lowest BCUT2D eigenvalue weighted by Gasteiger charge is -2.02. The number of aromatic nitrogens is 2. The summed E-state index contributed by atoms with van der Waals surface area (Å²) in [6.07, 6.45) is 1.96. The van der Waals surface area contributed by atoms with Crippen molar-refractivity contribution in [2.45, 2.75) is 19.8 Å². The highest BCUT2D eigenvalue weighted by Crippen LogP contribution is 2.29. The third kappa shape index (κ3) is 2.51. The molecular formula is C11H12ClN3S. The van der Waals surface area contributed by atoms with E-state index in [0.29, 0.717) is 11.6 Å². The fourth-order valence-electron chi connectivity index (χ4n) is 1.45. The number of nitrogen functional groups attached to an aromatic ring is 1. The van der Waals surface area contributed by atoms with Gasteiger partial charge in [0.05, 0.1) is 9.21 Å². The minimum absolute atomic E-state index is 0.512. The van der Waals surface area contributed by atoms with Crippen molar-refractivity contribution >= 4 is 28.8 Å². The summed E-state index contributed by atoms with van der Waals surface area (Å²) in [5, 5.41) is 0. The number of hydrogen-bond acceptors (Lipinski definition) is 4. The minimum Gasteiger partial charge on any atom is -0.384 e. The minimum atomic E-state index is 0.512. The normalized spacial score (nSPS) is 10.6. The lowest BCUT2D eigenvalue weighted by molar-refractivity contribution is 0.877. The largest absolute Gasteiger partial charge is 0.384 e. The maximum Gasteiger partial charge on any atom is 0.171 e. The van der Waals surface area contributed by atoms with Gasteiger partial charge in [-0.25, -0.2) is 9.97 Å². The van der Waals surface area contributed by atoms with E-state index in [4.69, 9.17) is 17.3 Å². The van der Waals surface area contributed by atoms with Crippen molar-refractivity contribution in [2.24, 2.45) is 0 Å². The molecular weight excluding hydrogens is 242 g/mol. The maximum atomic E-state index is 5.88. The monoisotopic (exact) mass is 253 g/mol. The molecule has 2 aromatic heterocycles. The molecule has 0 radical (unpaired) electrons. The molecule has 0 spiro atoms. The zero-order valence-electron chi connectivity index (χ0n) is 8.90. The molecule has 84 valence electrons. The molecule has 0 aliphatic rings. The van der Waals surface area contributed by atoms with Crippen molar-refractivity contribution in [1.82, 2.24) is 9.97 Å². The van der Waals surface area contributed by atoms with Crippen molar-refractivity contribution in [3.05, 3.63) is 28.2 Å². The van der Waals surface area contributed by atoms with E-state index in [0.717, 1.165) is 27.7 Å². The van der Waals surface area contributed by atoms with Crippen LogP contribution in [0.1, 0.15) is 19.0 Å². The van der Waals surface area contributed by atoms with Crippen molar-refractivity contribution in [3.63, 3.8) is 0 Å². The van der Waals surface area contributed by atoms with Crippen molar-refractivity contribution in [2.75, 3.05) is 5.73 Å². The number of nitrogens with two attached hydrogens (primary N) is 1. The molecule has 5 heteroatoms. The summed E-state index contributed by atoms with van der Waals surface area (Å²) in [5.74, 6) is 1.18. The van der Waals surface area contributed by atoms with Crippen LogP contribution < -0.4 is 5.73 Å². The first kappa shape index (κ1) is 11.4. The molecule has 2 N–H and O–H groups in total. The molecule has 16 heavy (non-hydrogen) atoms. The highest BCUT2D eigenvalue weighted by molar-refractivity contribution is 7.19. The van der Waals surface area contributed by atoms with E-state index in [1.807, 2.05) is 18.2 Å². The number of hydrogen-bond donors (Lipinski definition) is 1. The molecule has 0 atom stereocenters. The van der Waals surface area contributed by atoms with Crippen LogP contribution in [0.25, 0.3) is 10.7 Å². The molecule has 0 amide bonds. The third-order valence-electron chi connectivity index (χ3n) is 2.10. The summed E-state index contributed by atoms with van der Waals surface area (Å²) < 4.78 is 0.734. The highest BCUT2D eigenvalue weighted by Gasteiger charge is 2.07. The Morgan fingerprint density at radius 3 is 2.81 bits per heavy atom. The average Bonchev–Trinajstić information content (AvgIpc) is 2.64. The second-order valence-corrected chi connectivity index (χ2v) is 5.18. The van der Waals surface area contributed by atoms with Crippen LogP contribution in [0.15, 0.2) is 18.2 Å². The molecule has 0 unspecified atom stereocenters. The van der Waals surface area contributed by atoms with E-state index < -0.39 is 0 Å². The molecule has 3 nitrogen and oxygen atoms in total. The van der Waals surface area contributed by atoms with Crippen LogP contribution in [0.4, 0.5) is 5.82 Å². The second kappa shape index (κ2) is 4.80. The van der Waals surface area contributed by atoms with E-state index in [1.165, 1.54) is 11.3 Å². The van der Waals surface area contributed by atoms with E-state index in [-0.39, 0.29) is 0 Å². The molecule has 0 fully saturated rings. The number of halogens is 1. The lowest BCUT2D eigenvalue weighted by Crippen LogP contribution is -1.99. The van der Waals surface area contributed by atoms with Gasteiger partial charge in [-0.1, -0.05) is 24.9 Å². The zero-order valence-corrected chi connectivity index (χ0v) is 10.5. The lowest BCUT2D eigenvalue weighted by atomic mass is 10.2. The molecule has 0 saturated heterocycles. The number of nitrogens with zero attached hydrogens (tertiary/aromatic N) is 2. The van der Waals surface area contributed by atoms with Crippen LogP contribution in [0.3, 0.4) is 0 Å². The summed E-state index contributed by atoms with van der Waals surface area (Å²) in [4.78, 5) is 9.64. The van der Waals surface area contributed by atoms with Gasteiger partial charge in [0.1, 0.15) is 5.82 Å². The van der Waals surface area contributed by atoms with Crippen LogP contribution in [-0.2, 0) is 6.42 Å². The van der Waals surface area contributed by atoms with Gasteiger partial charge in [-0.2, -0.15) is 0 Å². The molecule has 2 rings (SSSR count). The number of aryl methyl sites for hydroxylation is 1. The summed E-state index contributed by atoms with van der Waals surface area (Å²) in [5.41, 5.74) is 6.74. The predicted molar refractivity (Wildman–Crippen MR) is 68.8 cm³/mol. The van der Waals surface area contributed by atoms with E-state index in [2.05, 4.69) is 16.9 Å². The van der Waals surface area contributed by atoms with Gasteiger partial charge >= 0.3 is 0 Å². The Balaban J connectivity index is 2.40. The third-order valence-corrected chi connectivity index (χ3v) is 3.33. The van der Waals surface area contributed by atoms with Crippen LogP contribution in [0.2, 0.25) is 4.34 Å². The maximum absolute atomic E-state index is 5.88. The van der Waals surface area contributed by atoms with Gasteiger partial charge in [0.25, 0.3) is 0 Å². The highest BCUT2D eigenvalue weighted by atomic mass is 35.5. The fraction of sp³-hybridized carbons (Fsp3) is 0.273. The Kier molecular flexibility index (Phi) is 3.41. The first-order valence-corrected chi connectivity index (χ1v) is 6.27.